The highest BCUT2D eigenvalue weighted by molar-refractivity contribution is 5.98. The molecule has 0 spiro atoms. The van der Waals surface area contributed by atoms with Crippen LogP contribution in [0.2, 0.25) is 0 Å². The third-order valence-corrected chi connectivity index (χ3v) is 9.04. The van der Waals surface area contributed by atoms with Gasteiger partial charge in [0.15, 0.2) is 11.6 Å². The fourth-order valence-electron chi connectivity index (χ4n) is 6.68. The van der Waals surface area contributed by atoms with Crippen molar-refractivity contribution < 1.29 is 23.0 Å². The Morgan fingerprint density at radius 2 is 1.93 bits per heavy atom. The van der Waals surface area contributed by atoms with E-state index in [1.54, 1.807) is 18.3 Å². The zero-order chi connectivity index (χ0) is 32.6. The summed E-state index contributed by atoms with van der Waals surface area (Å²) in [5.74, 6) is 2.36. The van der Waals surface area contributed by atoms with Crippen LogP contribution in [0, 0.1) is 18.8 Å². The topological polar surface area (TPSA) is 65.4 Å². The number of fused-ring (bicyclic) bond motifs is 1. The van der Waals surface area contributed by atoms with Crippen LogP contribution in [-0.4, -0.2) is 40.6 Å². The number of ketones is 1. The highest BCUT2D eigenvalue weighted by Gasteiger charge is 2.22. The lowest BCUT2D eigenvalue weighted by Gasteiger charge is -2.28. The first-order valence-corrected chi connectivity index (χ1v) is 16.7. The van der Waals surface area contributed by atoms with Gasteiger partial charge in [0.1, 0.15) is 12.4 Å². The smallest absolute Gasteiger partial charge is 0.272 e. The van der Waals surface area contributed by atoms with Crippen molar-refractivity contribution in [2.75, 3.05) is 11.9 Å². The maximum atomic E-state index is 13.3. The first-order chi connectivity index (χ1) is 22.2. The Hall–Kier alpha value is -3.78. The van der Waals surface area contributed by atoms with Crippen molar-refractivity contribution in [3.05, 3.63) is 77.8 Å². The van der Waals surface area contributed by atoms with Crippen molar-refractivity contribution in [3.63, 3.8) is 0 Å². The Morgan fingerprint density at radius 1 is 1.13 bits per heavy atom. The summed E-state index contributed by atoms with van der Waals surface area (Å²) < 4.78 is 38.2. The van der Waals surface area contributed by atoms with E-state index in [0.29, 0.717) is 36.2 Å². The van der Waals surface area contributed by atoms with E-state index in [0.717, 1.165) is 71.7 Å². The van der Waals surface area contributed by atoms with E-state index in [4.69, 9.17) is 14.5 Å². The second-order valence-electron chi connectivity index (χ2n) is 13.1. The van der Waals surface area contributed by atoms with Crippen molar-refractivity contribution in [1.29, 1.82) is 0 Å². The predicted molar refractivity (Wildman–Crippen MR) is 181 cm³/mol. The number of halogens is 2. The number of anilines is 1. The zero-order valence-electron chi connectivity index (χ0n) is 27.5. The molecule has 2 aliphatic rings. The van der Waals surface area contributed by atoms with Gasteiger partial charge in [0.2, 0.25) is 0 Å². The summed E-state index contributed by atoms with van der Waals surface area (Å²) in [6.07, 6.45) is 14.3. The number of nitrogens with one attached hydrogen (secondary N) is 1. The van der Waals surface area contributed by atoms with Gasteiger partial charge in [-0.15, -0.1) is 0 Å². The van der Waals surface area contributed by atoms with Crippen LogP contribution in [0.5, 0.6) is 5.75 Å². The minimum Gasteiger partial charge on any atom is -0.488 e. The van der Waals surface area contributed by atoms with Gasteiger partial charge in [0.05, 0.1) is 29.8 Å². The Labute approximate surface area is 271 Å². The lowest BCUT2D eigenvalue weighted by Crippen LogP contribution is -2.23. The van der Waals surface area contributed by atoms with E-state index in [-0.39, 0.29) is 5.78 Å². The van der Waals surface area contributed by atoms with Gasteiger partial charge in [-0.25, -0.2) is 13.8 Å². The molecule has 2 aromatic carbocycles. The number of benzene rings is 2. The first-order valence-electron chi connectivity index (χ1n) is 16.7. The van der Waals surface area contributed by atoms with Crippen molar-refractivity contribution >= 4 is 23.4 Å². The van der Waals surface area contributed by atoms with E-state index in [2.05, 4.69) is 38.2 Å². The number of aromatic nitrogens is 2. The highest BCUT2D eigenvalue weighted by Crippen LogP contribution is 2.31. The standard InChI is InChI=1S/C38H47F2N3O3/c1-25(11-12-29-9-7-8-27(3)46-28(4)22-29)20-36(44)33-18-15-31(21-26(33)2)42-34-10-5-6-19-43-35(23-41-38(34)43)30-13-16-32(17-14-30)45-24-37(39)40/h6,10,13-19,21,23,25,27-29,37,42H,5,7-9,11-12,20,22,24H2,1-4H3/t25?,27-,28+,29?/m0/s1. The molecule has 1 saturated heterocycles. The lowest BCUT2D eigenvalue weighted by molar-refractivity contribution is -0.0214. The van der Waals surface area contributed by atoms with Crippen LogP contribution >= 0.6 is 0 Å². The summed E-state index contributed by atoms with van der Waals surface area (Å²) in [6.45, 7) is 7.94. The van der Waals surface area contributed by atoms with E-state index in [9.17, 15) is 13.6 Å². The highest BCUT2D eigenvalue weighted by atomic mass is 19.3. The van der Waals surface area contributed by atoms with E-state index >= 15 is 0 Å². The summed E-state index contributed by atoms with van der Waals surface area (Å²) in [7, 11) is 0. The van der Waals surface area contributed by atoms with E-state index < -0.39 is 13.0 Å². The molecule has 4 atom stereocenters. The van der Waals surface area contributed by atoms with Crippen LogP contribution in [0.3, 0.4) is 0 Å². The molecule has 1 N–H and O–H groups in total. The Bertz CT molecular complexity index is 1530. The minimum absolute atomic E-state index is 0.198. The fraction of sp³-hybridized carbons (Fsp3) is 0.474. The van der Waals surface area contributed by atoms with Crippen LogP contribution in [0.15, 0.2) is 60.8 Å². The van der Waals surface area contributed by atoms with Crippen LogP contribution in [0.25, 0.3) is 23.2 Å². The number of rotatable bonds is 12. The average Bonchev–Trinajstić information content (AvgIpc) is 3.33. The van der Waals surface area contributed by atoms with Crippen molar-refractivity contribution in [2.24, 2.45) is 11.8 Å². The van der Waals surface area contributed by atoms with Crippen molar-refractivity contribution in [2.45, 2.75) is 97.7 Å². The third-order valence-electron chi connectivity index (χ3n) is 9.04. The largest absolute Gasteiger partial charge is 0.488 e. The number of allylic oxidation sites excluding steroid dienone is 2. The molecule has 0 amide bonds. The normalized spacial score (nSPS) is 20.7. The van der Waals surface area contributed by atoms with Crippen molar-refractivity contribution in [1.82, 2.24) is 9.55 Å². The Kier molecular flexibility index (Phi) is 11.4. The Morgan fingerprint density at radius 3 is 2.70 bits per heavy atom. The molecule has 0 aliphatic carbocycles. The number of aryl methyl sites for hydroxylation is 1. The number of alkyl halides is 2. The van der Waals surface area contributed by atoms with Gasteiger partial charge >= 0.3 is 0 Å². The van der Waals surface area contributed by atoms with E-state index in [1.165, 1.54) is 12.8 Å². The number of hydrogen-bond donors (Lipinski definition) is 1. The third kappa shape index (κ3) is 8.93. The summed E-state index contributed by atoms with van der Waals surface area (Å²) in [5.41, 5.74) is 5.25. The molecule has 6 nitrogen and oxygen atoms in total. The van der Waals surface area contributed by atoms with Gasteiger partial charge < -0.3 is 14.8 Å². The van der Waals surface area contributed by atoms with Gasteiger partial charge in [-0.05, 0) is 99.9 Å². The SMILES string of the molecule is Cc1cc(NC2=CCC=Cn3c(-c4ccc(OCC(F)F)cc4)cnc32)ccc1C(=O)CC(C)CCC1CCC[C@H](C)O[C@H](C)C1. The molecule has 8 heteroatoms. The molecule has 3 heterocycles. The molecular weight excluding hydrogens is 584 g/mol. The number of Topliss-reactive ketones (excluding diaryl/α,β-unsaturated/α-hetero) is 1. The molecular formula is C38H47F2N3O3. The quantitative estimate of drug-likeness (QED) is 0.202. The first kappa shape index (κ1) is 33.6. The summed E-state index contributed by atoms with van der Waals surface area (Å²) >= 11 is 0. The van der Waals surface area contributed by atoms with Gasteiger partial charge in [0.25, 0.3) is 6.43 Å². The summed E-state index contributed by atoms with van der Waals surface area (Å²) in [4.78, 5) is 18.0. The van der Waals surface area contributed by atoms with Crippen LogP contribution in [0.1, 0.15) is 93.9 Å². The van der Waals surface area contributed by atoms with Crippen molar-refractivity contribution in [3.8, 4) is 17.0 Å². The van der Waals surface area contributed by atoms with Gasteiger partial charge in [-0.1, -0.05) is 44.8 Å². The van der Waals surface area contributed by atoms with Crippen LogP contribution in [0.4, 0.5) is 14.5 Å². The lowest BCUT2D eigenvalue weighted by atomic mass is 9.85. The van der Waals surface area contributed by atoms with Gasteiger partial charge in [0, 0.05) is 29.4 Å². The molecule has 2 unspecified atom stereocenters. The maximum Gasteiger partial charge on any atom is 0.272 e. The molecule has 1 fully saturated rings. The second kappa shape index (κ2) is 15.7. The molecule has 0 saturated carbocycles. The minimum atomic E-state index is -2.52. The number of hydrogen-bond acceptors (Lipinski definition) is 5. The van der Waals surface area contributed by atoms with Crippen LogP contribution < -0.4 is 10.1 Å². The second-order valence-corrected chi connectivity index (χ2v) is 13.1. The molecule has 0 bridgehead atoms. The molecule has 246 valence electrons. The number of carbonyl (C=O) groups excluding carboxylic acids is 1. The fourth-order valence-corrected chi connectivity index (χ4v) is 6.68. The van der Waals surface area contributed by atoms with Gasteiger partial charge in [-0.3, -0.25) is 9.36 Å². The zero-order valence-corrected chi connectivity index (χ0v) is 27.5. The number of carbonyl (C=O) groups is 1. The summed E-state index contributed by atoms with van der Waals surface area (Å²) in [6, 6.07) is 13.0. The molecule has 3 aromatic rings. The van der Waals surface area contributed by atoms with E-state index in [1.807, 2.05) is 48.0 Å². The molecule has 5 rings (SSSR count). The number of nitrogens with zero attached hydrogens (tertiary/aromatic N) is 2. The molecule has 46 heavy (non-hydrogen) atoms. The molecule has 1 aromatic heterocycles. The molecule has 2 aliphatic heterocycles. The Balaban J connectivity index is 1.19. The average molecular weight is 632 g/mol. The predicted octanol–water partition coefficient (Wildman–Crippen LogP) is 9.80. The number of ether oxygens (including phenoxy) is 2. The number of imidazole rings is 1. The van der Waals surface area contributed by atoms with Crippen LogP contribution in [-0.2, 0) is 4.74 Å². The maximum absolute atomic E-state index is 13.3. The monoisotopic (exact) mass is 631 g/mol. The molecule has 0 radical (unpaired) electrons. The van der Waals surface area contributed by atoms with Gasteiger partial charge in [-0.2, -0.15) is 0 Å². The summed E-state index contributed by atoms with van der Waals surface area (Å²) in [5, 5.41) is 3.52.